The molecule has 5 heteroatoms. The van der Waals surface area contributed by atoms with Crippen molar-refractivity contribution >= 4 is 27.5 Å². The Morgan fingerprint density at radius 1 is 1.05 bits per heavy atom. The van der Waals surface area contributed by atoms with Crippen LogP contribution in [0.1, 0.15) is 11.1 Å². The molecule has 0 fully saturated rings. The predicted octanol–water partition coefficient (Wildman–Crippen LogP) is 4.45. The Morgan fingerprint density at radius 2 is 1.73 bits per heavy atom. The first kappa shape index (κ1) is 17.1. The van der Waals surface area contributed by atoms with E-state index in [0.29, 0.717) is 0 Å². The summed E-state index contributed by atoms with van der Waals surface area (Å²) >= 11 is 9.35. The van der Waals surface area contributed by atoms with Gasteiger partial charge in [-0.3, -0.25) is 0 Å². The van der Waals surface area contributed by atoms with Crippen molar-refractivity contribution in [2.45, 2.75) is 13.0 Å². The van der Waals surface area contributed by atoms with E-state index in [-0.39, 0.29) is 0 Å². The van der Waals surface area contributed by atoms with E-state index in [2.05, 4.69) is 21.2 Å². The molecule has 0 unspecified atom stereocenters. The van der Waals surface area contributed by atoms with Crippen LogP contribution in [0.5, 0.6) is 11.5 Å². The van der Waals surface area contributed by atoms with Crippen LogP contribution in [0.2, 0.25) is 5.02 Å². The Hall–Kier alpha value is -1.23. The number of nitrogens with one attached hydrogen (secondary N) is 1. The summed E-state index contributed by atoms with van der Waals surface area (Å²) in [6.07, 6.45) is 0.862. The molecule has 0 aliphatic rings. The van der Waals surface area contributed by atoms with E-state index in [1.54, 1.807) is 14.2 Å². The lowest BCUT2D eigenvalue weighted by Crippen LogP contribution is -2.17. The molecule has 0 aromatic heterocycles. The molecular formula is C17H19BrClNO2. The quantitative estimate of drug-likeness (QED) is 0.715. The molecule has 0 amide bonds. The molecule has 2 rings (SSSR count). The van der Waals surface area contributed by atoms with Crippen LogP contribution >= 0.6 is 27.5 Å². The Labute approximate surface area is 144 Å². The van der Waals surface area contributed by atoms with Gasteiger partial charge < -0.3 is 14.8 Å². The van der Waals surface area contributed by atoms with Crippen molar-refractivity contribution < 1.29 is 9.47 Å². The van der Waals surface area contributed by atoms with Crippen molar-refractivity contribution in [2.24, 2.45) is 0 Å². The highest BCUT2D eigenvalue weighted by atomic mass is 79.9. The number of rotatable bonds is 7. The molecule has 0 heterocycles. The van der Waals surface area contributed by atoms with Gasteiger partial charge in [0.25, 0.3) is 0 Å². The van der Waals surface area contributed by atoms with Crippen molar-refractivity contribution in [3.05, 3.63) is 57.0 Å². The number of hydrogen-bond donors (Lipinski definition) is 1. The van der Waals surface area contributed by atoms with Gasteiger partial charge in [0.15, 0.2) is 0 Å². The second-order valence-electron chi connectivity index (χ2n) is 4.85. The van der Waals surface area contributed by atoms with Crippen LogP contribution < -0.4 is 14.8 Å². The van der Waals surface area contributed by atoms with Crippen molar-refractivity contribution in [2.75, 3.05) is 20.8 Å². The fraction of sp³-hybridized carbons (Fsp3) is 0.294. The lowest BCUT2D eigenvalue weighted by atomic mass is 10.1. The third-order valence-electron chi connectivity index (χ3n) is 3.37. The molecule has 1 N–H and O–H groups in total. The van der Waals surface area contributed by atoms with Gasteiger partial charge in [0.05, 0.1) is 18.7 Å². The van der Waals surface area contributed by atoms with Crippen molar-refractivity contribution in [3.63, 3.8) is 0 Å². The molecule has 22 heavy (non-hydrogen) atoms. The van der Waals surface area contributed by atoms with Crippen LogP contribution in [0.3, 0.4) is 0 Å². The summed E-state index contributed by atoms with van der Waals surface area (Å²) in [6, 6.07) is 11.8. The summed E-state index contributed by atoms with van der Waals surface area (Å²) in [5, 5.41) is 4.18. The number of halogens is 2. The van der Waals surface area contributed by atoms with Gasteiger partial charge in [-0.15, -0.1) is 0 Å². The lowest BCUT2D eigenvalue weighted by molar-refractivity contribution is 0.396. The second-order valence-corrected chi connectivity index (χ2v) is 6.14. The largest absolute Gasteiger partial charge is 0.496 e. The van der Waals surface area contributed by atoms with E-state index >= 15 is 0 Å². The van der Waals surface area contributed by atoms with Gasteiger partial charge in [-0.2, -0.15) is 0 Å². The highest BCUT2D eigenvalue weighted by Crippen LogP contribution is 2.32. The van der Waals surface area contributed by atoms with E-state index in [4.69, 9.17) is 21.1 Å². The minimum atomic E-state index is 0.760. The van der Waals surface area contributed by atoms with Crippen LogP contribution in [-0.4, -0.2) is 20.8 Å². The Morgan fingerprint density at radius 3 is 2.36 bits per heavy atom. The Kier molecular flexibility index (Phi) is 6.55. The van der Waals surface area contributed by atoms with Gasteiger partial charge in [0.1, 0.15) is 11.5 Å². The number of benzene rings is 2. The van der Waals surface area contributed by atoms with Crippen molar-refractivity contribution in [3.8, 4) is 11.5 Å². The average molecular weight is 385 g/mol. The molecule has 0 radical (unpaired) electrons. The minimum absolute atomic E-state index is 0.760. The summed E-state index contributed by atoms with van der Waals surface area (Å²) in [5.74, 6) is 1.68. The van der Waals surface area contributed by atoms with Gasteiger partial charge >= 0.3 is 0 Å². The summed E-state index contributed by atoms with van der Waals surface area (Å²) in [4.78, 5) is 0. The van der Waals surface area contributed by atoms with Gasteiger partial charge in [-0.25, -0.2) is 0 Å². The maximum Gasteiger partial charge on any atom is 0.133 e. The molecule has 0 saturated carbocycles. The first-order valence-corrected chi connectivity index (χ1v) is 8.16. The predicted molar refractivity (Wildman–Crippen MR) is 94.1 cm³/mol. The first-order valence-electron chi connectivity index (χ1n) is 6.99. The molecule has 2 aromatic rings. The second kappa shape index (κ2) is 8.42. The standard InChI is InChI=1S/C17H19BrClNO2/c1-21-16-10-15(18)17(22-2)9-13(16)7-8-20-11-12-3-5-14(19)6-4-12/h3-6,9-10,20H,7-8,11H2,1-2H3. The zero-order valence-corrected chi connectivity index (χ0v) is 15.0. The van der Waals surface area contributed by atoms with Crippen LogP contribution in [0, 0.1) is 0 Å². The maximum absolute atomic E-state index is 5.88. The minimum Gasteiger partial charge on any atom is -0.496 e. The van der Waals surface area contributed by atoms with Crippen LogP contribution in [0.4, 0.5) is 0 Å². The molecular weight excluding hydrogens is 366 g/mol. The van der Waals surface area contributed by atoms with Gasteiger partial charge in [0.2, 0.25) is 0 Å². The zero-order chi connectivity index (χ0) is 15.9. The van der Waals surface area contributed by atoms with Crippen LogP contribution in [0.25, 0.3) is 0 Å². The van der Waals surface area contributed by atoms with E-state index in [1.165, 1.54) is 5.56 Å². The van der Waals surface area contributed by atoms with Gasteiger partial charge in [0, 0.05) is 11.6 Å². The molecule has 2 aromatic carbocycles. The SMILES string of the molecule is COc1cc(CCNCc2ccc(Cl)cc2)c(OC)cc1Br. The molecule has 0 aliphatic heterocycles. The first-order chi connectivity index (χ1) is 10.6. The highest BCUT2D eigenvalue weighted by Gasteiger charge is 2.09. The van der Waals surface area contributed by atoms with E-state index in [0.717, 1.165) is 46.1 Å². The highest BCUT2D eigenvalue weighted by molar-refractivity contribution is 9.10. The summed E-state index contributed by atoms with van der Waals surface area (Å²) in [7, 11) is 3.34. The molecule has 0 spiro atoms. The van der Waals surface area contributed by atoms with E-state index in [9.17, 15) is 0 Å². The summed E-state index contributed by atoms with van der Waals surface area (Å²) in [5.41, 5.74) is 2.33. The molecule has 0 bridgehead atoms. The Bertz CT molecular complexity index is 617. The number of hydrogen-bond acceptors (Lipinski definition) is 3. The van der Waals surface area contributed by atoms with Crippen molar-refractivity contribution in [1.82, 2.24) is 5.32 Å². The third kappa shape index (κ3) is 4.63. The number of ether oxygens (including phenoxy) is 2. The van der Waals surface area contributed by atoms with Gasteiger partial charge in [-0.1, -0.05) is 23.7 Å². The average Bonchev–Trinajstić information content (AvgIpc) is 2.53. The monoisotopic (exact) mass is 383 g/mol. The smallest absolute Gasteiger partial charge is 0.133 e. The molecule has 0 saturated heterocycles. The summed E-state index contributed by atoms with van der Waals surface area (Å²) < 4.78 is 11.7. The fourth-order valence-corrected chi connectivity index (χ4v) is 2.79. The molecule has 118 valence electrons. The fourth-order valence-electron chi connectivity index (χ4n) is 2.18. The van der Waals surface area contributed by atoms with Gasteiger partial charge in [-0.05, 0) is 64.3 Å². The van der Waals surface area contributed by atoms with E-state index in [1.807, 2.05) is 36.4 Å². The van der Waals surface area contributed by atoms with E-state index < -0.39 is 0 Å². The zero-order valence-electron chi connectivity index (χ0n) is 12.7. The molecule has 0 aliphatic carbocycles. The lowest BCUT2D eigenvalue weighted by Gasteiger charge is -2.13. The summed E-state index contributed by atoms with van der Waals surface area (Å²) in [6.45, 7) is 1.66. The Balaban J connectivity index is 1.92. The van der Waals surface area contributed by atoms with Crippen LogP contribution in [-0.2, 0) is 13.0 Å². The molecule has 0 atom stereocenters. The maximum atomic E-state index is 5.88. The molecule has 3 nitrogen and oxygen atoms in total. The normalized spacial score (nSPS) is 10.5. The van der Waals surface area contributed by atoms with Crippen LogP contribution in [0.15, 0.2) is 40.9 Å². The topological polar surface area (TPSA) is 30.5 Å². The van der Waals surface area contributed by atoms with Crippen molar-refractivity contribution in [1.29, 1.82) is 0 Å². The third-order valence-corrected chi connectivity index (χ3v) is 4.24. The number of methoxy groups -OCH3 is 2.